The van der Waals surface area contributed by atoms with Crippen molar-refractivity contribution >= 4 is 23.5 Å². The third kappa shape index (κ3) is 3.48. The molecule has 1 aromatic heterocycles. The minimum Gasteiger partial charge on any atom is -0.304 e. The summed E-state index contributed by atoms with van der Waals surface area (Å²) in [6, 6.07) is 19.1. The highest BCUT2D eigenvalue weighted by molar-refractivity contribution is 7.99. The summed E-state index contributed by atoms with van der Waals surface area (Å²) >= 11 is 1.52. The van der Waals surface area contributed by atoms with Gasteiger partial charge in [0, 0.05) is 5.56 Å². The Kier molecular flexibility index (Phi) is 5.40. The van der Waals surface area contributed by atoms with Crippen LogP contribution in [0, 0.1) is 18.3 Å². The highest BCUT2D eigenvalue weighted by Crippen LogP contribution is 2.30. The molecule has 130 valence electrons. The van der Waals surface area contributed by atoms with E-state index in [1.165, 1.54) is 11.8 Å². The first-order valence-electron chi connectivity index (χ1n) is 8.24. The Bertz CT molecular complexity index is 973. The highest BCUT2D eigenvalue weighted by atomic mass is 32.2. The zero-order valence-corrected chi connectivity index (χ0v) is 15.4. The van der Waals surface area contributed by atoms with Crippen LogP contribution in [0.1, 0.15) is 28.4 Å². The van der Waals surface area contributed by atoms with E-state index in [1.807, 2.05) is 62.4 Å². The second kappa shape index (κ2) is 7.89. The fourth-order valence-corrected chi connectivity index (χ4v) is 3.44. The Morgan fingerprint density at radius 3 is 2.54 bits per heavy atom. The van der Waals surface area contributed by atoms with E-state index in [9.17, 15) is 10.1 Å². The summed E-state index contributed by atoms with van der Waals surface area (Å²) in [4.78, 5) is 12.6. The van der Waals surface area contributed by atoms with Crippen LogP contribution in [-0.4, -0.2) is 21.4 Å². The van der Waals surface area contributed by atoms with E-state index in [4.69, 9.17) is 0 Å². The summed E-state index contributed by atoms with van der Waals surface area (Å²) in [5.41, 5.74) is 2.66. The first-order chi connectivity index (χ1) is 12.7. The van der Waals surface area contributed by atoms with Gasteiger partial charge in [-0.25, -0.2) is 4.68 Å². The number of para-hydroxylation sites is 1. The first-order valence-corrected chi connectivity index (χ1v) is 9.22. The zero-order valence-electron chi connectivity index (χ0n) is 14.6. The van der Waals surface area contributed by atoms with Crippen molar-refractivity contribution in [2.75, 3.05) is 11.1 Å². The maximum absolute atomic E-state index is 12.6. The van der Waals surface area contributed by atoms with E-state index in [2.05, 4.69) is 16.5 Å². The number of nitrogens with zero attached hydrogens (tertiary/aromatic N) is 3. The fourth-order valence-electron chi connectivity index (χ4n) is 2.61. The first kappa shape index (κ1) is 17.8. The molecule has 0 aliphatic rings. The number of hydrogen-bond acceptors (Lipinski definition) is 4. The van der Waals surface area contributed by atoms with Gasteiger partial charge in [0.1, 0.15) is 16.7 Å². The van der Waals surface area contributed by atoms with Crippen LogP contribution >= 0.6 is 11.8 Å². The van der Waals surface area contributed by atoms with Crippen LogP contribution < -0.4 is 5.32 Å². The number of carbonyl (C=O) groups is 1. The van der Waals surface area contributed by atoms with Crippen LogP contribution in [0.5, 0.6) is 0 Å². The topological polar surface area (TPSA) is 70.7 Å². The van der Waals surface area contributed by atoms with Crippen LogP contribution in [0.25, 0.3) is 5.69 Å². The maximum Gasteiger partial charge on any atom is 0.257 e. The second-order valence-corrected chi connectivity index (χ2v) is 6.84. The Morgan fingerprint density at radius 1 is 1.19 bits per heavy atom. The number of nitrogens with one attached hydrogen (secondary N) is 1. The highest BCUT2D eigenvalue weighted by Gasteiger charge is 2.21. The lowest BCUT2D eigenvalue weighted by Crippen LogP contribution is -2.14. The van der Waals surface area contributed by atoms with E-state index in [-0.39, 0.29) is 11.7 Å². The van der Waals surface area contributed by atoms with E-state index in [1.54, 1.807) is 10.7 Å². The molecule has 0 bridgehead atoms. The molecular formula is C20H18N4OS. The summed E-state index contributed by atoms with van der Waals surface area (Å²) < 4.78 is 1.71. The fraction of sp³-hybridized carbons (Fsp3) is 0.150. The average molecular weight is 362 g/mol. The third-order valence-electron chi connectivity index (χ3n) is 3.86. The molecular weight excluding hydrogens is 344 g/mol. The van der Waals surface area contributed by atoms with Gasteiger partial charge in [-0.2, -0.15) is 5.26 Å². The summed E-state index contributed by atoms with van der Waals surface area (Å²) in [7, 11) is 0. The molecule has 0 radical (unpaired) electrons. The van der Waals surface area contributed by atoms with E-state index < -0.39 is 0 Å². The number of aromatic nitrogens is 2. The summed E-state index contributed by atoms with van der Waals surface area (Å²) in [5.74, 6) is 0.796. The van der Waals surface area contributed by atoms with E-state index in [0.29, 0.717) is 11.1 Å². The molecule has 0 aliphatic heterocycles. The number of thioether (sulfide) groups is 1. The maximum atomic E-state index is 12.6. The Labute approximate surface area is 156 Å². The normalized spacial score (nSPS) is 10.3. The van der Waals surface area contributed by atoms with Crippen LogP contribution in [0.3, 0.4) is 0 Å². The largest absolute Gasteiger partial charge is 0.304 e. The van der Waals surface area contributed by atoms with Crippen molar-refractivity contribution in [2.24, 2.45) is 0 Å². The van der Waals surface area contributed by atoms with Gasteiger partial charge >= 0.3 is 0 Å². The van der Waals surface area contributed by atoms with Crippen LogP contribution in [0.15, 0.2) is 59.6 Å². The molecule has 0 unspecified atom stereocenters. The number of anilines is 1. The monoisotopic (exact) mass is 362 g/mol. The predicted octanol–water partition coefficient (Wildman–Crippen LogP) is 4.42. The lowest BCUT2D eigenvalue weighted by atomic mass is 10.1. The lowest BCUT2D eigenvalue weighted by molar-refractivity contribution is 0.102. The summed E-state index contributed by atoms with van der Waals surface area (Å²) in [5, 5.41) is 17.7. The van der Waals surface area contributed by atoms with Crippen molar-refractivity contribution in [2.45, 2.75) is 18.9 Å². The van der Waals surface area contributed by atoms with Gasteiger partial charge in [0.15, 0.2) is 5.82 Å². The van der Waals surface area contributed by atoms with Gasteiger partial charge in [0.25, 0.3) is 5.91 Å². The van der Waals surface area contributed by atoms with Crippen molar-refractivity contribution in [3.63, 3.8) is 0 Å². The van der Waals surface area contributed by atoms with E-state index >= 15 is 0 Å². The number of amides is 1. The molecule has 1 heterocycles. The molecule has 5 nitrogen and oxygen atoms in total. The smallest absolute Gasteiger partial charge is 0.257 e. The lowest BCUT2D eigenvalue weighted by Gasteiger charge is -2.05. The Morgan fingerprint density at radius 2 is 1.88 bits per heavy atom. The third-order valence-corrected chi connectivity index (χ3v) is 4.80. The molecule has 0 spiro atoms. The summed E-state index contributed by atoms with van der Waals surface area (Å²) in [6.07, 6.45) is 0. The van der Waals surface area contributed by atoms with E-state index in [0.717, 1.165) is 22.0 Å². The average Bonchev–Trinajstić information content (AvgIpc) is 3.00. The molecule has 0 aliphatic carbocycles. The van der Waals surface area contributed by atoms with Crippen molar-refractivity contribution < 1.29 is 4.79 Å². The van der Waals surface area contributed by atoms with Gasteiger partial charge in [-0.05, 0) is 36.4 Å². The molecule has 0 fully saturated rings. The molecule has 1 N–H and O–H groups in total. The van der Waals surface area contributed by atoms with Gasteiger partial charge < -0.3 is 5.32 Å². The van der Waals surface area contributed by atoms with Crippen LogP contribution in [-0.2, 0) is 0 Å². The van der Waals surface area contributed by atoms with Crippen molar-refractivity contribution in [3.05, 3.63) is 71.3 Å². The number of hydrogen-bond donors (Lipinski definition) is 1. The van der Waals surface area contributed by atoms with Crippen molar-refractivity contribution in [1.82, 2.24) is 9.78 Å². The molecule has 1 amide bonds. The molecule has 6 heteroatoms. The molecule has 26 heavy (non-hydrogen) atoms. The van der Waals surface area contributed by atoms with Crippen LogP contribution in [0.4, 0.5) is 5.82 Å². The van der Waals surface area contributed by atoms with Crippen molar-refractivity contribution in [3.8, 4) is 11.8 Å². The van der Waals surface area contributed by atoms with Gasteiger partial charge in [-0.3, -0.25) is 4.79 Å². The predicted molar refractivity (Wildman–Crippen MR) is 104 cm³/mol. The van der Waals surface area contributed by atoms with Crippen molar-refractivity contribution in [1.29, 1.82) is 5.26 Å². The van der Waals surface area contributed by atoms with Gasteiger partial charge in [0.2, 0.25) is 0 Å². The minimum absolute atomic E-state index is 0.273. The van der Waals surface area contributed by atoms with Gasteiger partial charge in [-0.15, -0.1) is 16.9 Å². The SMILES string of the molecule is CCSc1c(C#N)c(NC(=O)c2ccccc2C)nn1-c1ccccc1. The molecule has 0 atom stereocenters. The molecule has 0 saturated carbocycles. The second-order valence-electron chi connectivity index (χ2n) is 5.59. The number of rotatable bonds is 5. The number of benzene rings is 2. The van der Waals surface area contributed by atoms with Crippen LogP contribution in [0.2, 0.25) is 0 Å². The molecule has 3 aromatic rings. The number of carbonyl (C=O) groups excluding carboxylic acids is 1. The summed E-state index contributed by atoms with van der Waals surface area (Å²) in [6.45, 7) is 3.89. The molecule has 2 aromatic carbocycles. The zero-order chi connectivity index (χ0) is 18.5. The van der Waals surface area contributed by atoms with Gasteiger partial charge in [-0.1, -0.05) is 43.3 Å². The standard InChI is InChI=1S/C20H18N4OS/c1-3-26-20-17(13-21)18(23-24(20)15-10-5-4-6-11-15)22-19(25)16-12-8-7-9-14(16)2/h4-12H,3H2,1-2H3,(H,22,23,25). The Hall–Kier alpha value is -3.04. The molecule has 0 saturated heterocycles. The number of nitriles is 1. The number of aryl methyl sites for hydroxylation is 1. The Balaban J connectivity index is 2.04. The molecule has 3 rings (SSSR count). The minimum atomic E-state index is -0.273. The quantitative estimate of drug-likeness (QED) is 0.682. The van der Waals surface area contributed by atoms with Gasteiger partial charge in [0.05, 0.1) is 5.69 Å².